The van der Waals surface area contributed by atoms with Gasteiger partial charge in [0.25, 0.3) is 0 Å². The SMILES string of the molecule is CC(C)C(NC(=O)Cn1nnc(COc2ccccc2)n1)c1ccccc1. The molecule has 7 heteroatoms. The molecule has 1 atom stereocenters. The summed E-state index contributed by atoms with van der Waals surface area (Å²) in [5.74, 6) is 1.25. The van der Waals surface area contributed by atoms with Gasteiger partial charge in [-0.25, -0.2) is 0 Å². The highest BCUT2D eigenvalue weighted by molar-refractivity contribution is 5.76. The molecule has 0 spiro atoms. The molecule has 0 aliphatic rings. The molecule has 1 unspecified atom stereocenters. The van der Waals surface area contributed by atoms with Gasteiger partial charge in [0.2, 0.25) is 11.7 Å². The summed E-state index contributed by atoms with van der Waals surface area (Å²) in [5, 5.41) is 15.1. The van der Waals surface area contributed by atoms with Crippen LogP contribution in [0.4, 0.5) is 0 Å². The summed E-state index contributed by atoms with van der Waals surface area (Å²) in [5.41, 5.74) is 1.07. The minimum absolute atomic E-state index is 0.00832. The molecule has 1 N–H and O–H groups in total. The number of rotatable bonds is 8. The molecule has 0 bridgehead atoms. The molecule has 1 aromatic heterocycles. The second-order valence-corrected chi connectivity index (χ2v) is 6.54. The van der Waals surface area contributed by atoms with Crippen molar-refractivity contribution in [3.8, 4) is 5.75 Å². The third kappa shape index (κ3) is 5.37. The van der Waals surface area contributed by atoms with Crippen LogP contribution in [0, 0.1) is 5.92 Å². The summed E-state index contributed by atoms with van der Waals surface area (Å²) in [6.45, 7) is 4.36. The molecule has 0 saturated heterocycles. The van der Waals surface area contributed by atoms with Crippen LogP contribution < -0.4 is 10.1 Å². The number of para-hydroxylation sites is 1. The zero-order valence-corrected chi connectivity index (χ0v) is 15.4. The fourth-order valence-electron chi connectivity index (χ4n) is 2.71. The third-order valence-electron chi connectivity index (χ3n) is 4.03. The molecule has 1 heterocycles. The van der Waals surface area contributed by atoms with E-state index >= 15 is 0 Å². The molecule has 2 aromatic carbocycles. The largest absolute Gasteiger partial charge is 0.485 e. The molecular weight excluding hydrogens is 342 g/mol. The molecule has 0 radical (unpaired) electrons. The molecule has 0 aliphatic heterocycles. The monoisotopic (exact) mass is 365 g/mol. The lowest BCUT2D eigenvalue weighted by Crippen LogP contribution is -2.34. The van der Waals surface area contributed by atoms with Crippen LogP contribution in [0.1, 0.15) is 31.3 Å². The third-order valence-corrected chi connectivity index (χ3v) is 4.03. The Balaban J connectivity index is 1.55. The van der Waals surface area contributed by atoms with Crippen molar-refractivity contribution in [1.29, 1.82) is 0 Å². The van der Waals surface area contributed by atoms with Crippen molar-refractivity contribution >= 4 is 5.91 Å². The van der Waals surface area contributed by atoms with E-state index in [1.54, 1.807) is 0 Å². The van der Waals surface area contributed by atoms with E-state index in [4.69, 9.17) is 4.74 Å². The minimum atomic E-state index is -0.162. The van der Waals surface area contributed by atoms with Crippen molar-refractivity contribution in [2.75, 3.05) is 0 Å². The standard InChI is InChI=1S/C20H23N5O2/c1-15(2)20(16-9-5-3-6-10-16)21-19(26)13-25-23-18(22-24-25)14-27-17-11-7-4-8-12-17/h3-12,15,20H,13-14H2,1-2H3,(H,21,26). The summed E-state index contributed by atoms with van der Waals surface area (Å²) in [6.07, 6.45) is 0. The van der Waals surface area contributed by atoms with E-state index in [1.807, 2.05) is 60.7 Å². The van der Waals surface area contributed by atoms with Gasteiger partial charge < -0.3 is 10.1 Å². The Morgan fingerprint density at radius 2 is 1.74 bits per heavy atom. The molecule has 3 aromatic rings. The van der Waals surface area contributed by atoms with Gasteiger partial charge in [-0.1, -0.05) is 62.4 Å². The average Bonchev–Trinajstić information content (AvgIpc) is 3.13. The van der Waals surface area contributed by atoms with E-state index in [1.165, 1.54) is 4.80 Å². The van der Waals surface area contributed by atoms with E-state index in [-0.39, 0.29) is 31.0 Å². The van der Waals surface area contributed by atoms with Crippen molar-refractivity contribution < 1.29 is 9.53 Å². The van der Waals surface area contributed by atoms with Gasteiger partial charge in [-0.15, -0.1) is 10.2 Å². The highest BCUT2D eigenvalue weighted by Gasteiger charge is 2.19. The Morgan fingerprint density at radius 3 is 2.41 bits per heavy atom. The van der Waals surface area contributed by atoms with Gasteiger partial charge in [0.1, 0.15) is 12.3 Å². The number of amides is 1. The number of benzene rings is 2. The highest BCUT2D eigenvalue weighted by Crippen LogP contribution is 2.21. The highest BCUT2D eigenvalue weighted by atomic mass is 16.5. The van der Waals surface area contributed by atoms with Crippen molar-refractivity contribution in [2.24, 2.45) is 5.92 Å². The lowest BCUT2D eigenvalue weighted by Gasteiger charge is -2.22. The summed E-state index contributed by atoms with van der Waals surface area (Å²) >= 11 is 0. The van der Waals surface area contributed by atoms with Gasteiger partial charge in [0.15, 0.2) is 6.61 Å². The molecule has 7 nitrogen and oxygen atoms in total. The van der Waals surface area contributed by atoms with Crippen LogP contribution in [-0.2, 0) is 17.9 Å². The average molecular weight is 365 g/mol. The first-order valence-electron chi connectivity index (χ1n) is 8.90. The number of hydrogen-bond donors (Lipinski definition) is 1. The Morgan fingerprint density at radius 1 is 1.07 bits per heavy atom. The van der Waals surface area contributed by atoms with Crippen molar-refractivity contribution in [3.63, 3.8) is 0 Å². The first-order valence-corrected chi connectivity index (χ1v) is 8.90. The van der Waals surface area contributed by atoms with E-state index in [0.717, 1.165) is 11.3 Å². The van der Waals surface area contributed by atoms with E-state index in [0.29, 0.717) is 5.82 Å². The van der Waals surface area contributed by atoms with Gasteiger partial charge >= 0.3 is 0 Å². The summed E-state index contributed by atoms with van der Waals surface area (Å²) < 4.78 is 5.59. The lowest BCUT2D eigenvalue weighted by molar-refractivity contribution is -0.123. The van der Waals surface area contributed by atoms with Crippen LogP contribution in [0.2, 0.25) is 0 Å². The first-order chi connectivity index (χ1) is 13.1. The molecule has 27 heavy (non-hydrogen) atoms. The predicted octanol–water partition coefficient (Wildman–Crippen LogP) is 2.77. The van der Waals surface area contributed by atoms with Gasteiger partial charge in [-0.2, -0.15) is 4.80 Å². The Kier molecular flexibility index (Phi) is 6.14. The van der Waals surface area contributed by atoms with Crippen LogP contribution in [0.25, 0.3) is 0 Å². The summed E-state index contributed by atoms with van der Waals surface area (Å²) in [6, 6.07) is 19.3. The van der Waals surface area contributed by atoms with Crippen LogP contribution in [0.15, 0.2) is 60.7 Å². The summed E-state index contributed by atoms with van der Waals surface area (Å²) in [7, 11) is 0. The zero-order valence-electron chi connectivity index (χ0n) is 15.4. The van der Waals surface area contributed by atoms with Crippen molar-refractivity contribution in [3.05, 3.63) is 72.1 Å². The van der Waals surface area contributed by atoms with Crippen LogP contribution in [0.3, 0.4) is 0 Å². The van der Waals surface area contributed by atoms with Crippen LogP contribution in [0.5, 0.6) is 5.75 Å². The van der Waals surface area contributed by atoms with Gasteiger partial charge in [-0.05, 0) is 28.8 Å². The Hall–Kier alpha value is -3.22. The second kappa shape index (κ2) is 8.93. The maximum absolute atomic E-state index is 12.4. The maximum Gasteiger partial charge on any atom is 0.244 e. The molecule has 3 rings (SSSR count). The van der Waals surface area contributed by atoms with Gasteiger partial charge in [-0.3, -0.25) is 4.79 Å². The molecule has 1 amide bonds. The topological polar surface area (TPSA) is 81.9 Å². The number of carbonyl (C=O) groups excluding carboxylic acids is 1. The number of tetrazole rings is 1. The molecule has 0 saturated carbocycles. The zero-order chi connectivity index (χ0) is 19.1. The summed E-state index contributed by atoms with van der Waals surface area (Å²) in [4.78, 5) is 13.7. The lowest BCUT2D eigenvalue weighted by atomic mass is 9.96. The Bertz CT molecular complexity index is 849. The maximum atomic E-state index is 12.4. The first kappa shape index (κ1) is 18.6. The number of hydrogen-bond acceptors (Lipinski definition) is 5. The predicted molar refractivity (Wildman–Crippen MR) is 101 cm³/mol. The number of carbonyl (C=O) groups is 1. The number of aromatic nitrogens is 4. The van der Waals surface area contributed by atoms with Crippen molar-refractivity contribution in [1.82, 2.24) is 25.5 Å². The molecule has 140 valence electrons. The fourth-order valence-corrected chi connectivity index (χ4v) is 2.71. The van der Waals surface area contributed by atoms with Crippen LogP contribution >= 0.6 is 0 Å². The van der Waals surface area contributed by atoms with Gasteiger partial charge in [0, 0.05) is 0 Å². The van der Waals surface area contributed by atoms with E-state index in [2.05, 4.69) is 34.6 Å². The van der Waals surface area contributed by atoms with E-state index in [9.17, 15) is 4.79 Å². The fraction of sp³-hybridized carbons (Fsp3) is 0.300. The normalized spacial score (nSPS) is 12.0. The molecule has 0 aliphatic carbocycles. The van der Waals surface area contributed by atoms with Crippen LogP contribution in [-0.4, -0.2) is 26.1 Å². The number of nitrogens with zero attached hydrogens (tertiary/aromatic N) is 4. The molecule has 0 fully saturated rings. The smallest absolute Gasteiger partial charge is 0.244 e. The Labute approximate surface area is 158 Å². The molecular formula is C20H23N5O2. The number of nitrogens with one attached hydrogen (secondary N) is 1. The van der Waals surface area contributed by atoms with E-state index < -0.39 is 0 Å². The van der Waals surface area contributed by atoms with Gasteiger partial charge in [0.05, 0.1) is 6.04 Å². The quantitative estimate of drug-likeness (QED) is 0.664. The second-order valence-electron chi connectivity index (χ2n) is 6.54. The van der Waals surface area contributed by atoms with Crippen molar-refractivity contribution in [2.45, 2.75) is 33.0 Å². The minimum Gasteiger partial charge on any atom is -0.485 e. The number of ether oxygens (including phenoxy) is 1.